The lowest BCUT2D eigenvalue weighted by molar-refractivity contribution is 0.0776. The van der Waals surface area contributed by atoms with Gasteiger partial charge in [0.05, 0.1) is 11.4 Å². The maximum absolute atomic E-state index is 13.5. The molecule has 5 heteroatoms. The molecule has 1 saturated heterocycles. The van der Waals surface area contributed by atoms with Gasteiger partial charge in [-0.2, -0.15) is 5.10 Å². The number of hydrogen-bond donors (Lipinski definition) is 0. The van der Waals surface area contributed by atoms with Crippen molar-refractivity contribution >= 4 is 11.6 Å². The molecule has 2 aliphatic rings. The van der Waals surface area contributed by atoms with Gasteiger partial charge in [-0.1, -0.05) is 36.4 Å². The normalized spacial score (nSPS) is 16.4. The highest BCUT2D eigenvalue weighted by Crippen LogP contribution is 2.40. The van der Waals surface area contributed by atoms with E-state index in [1.54, 1.807) is 0 Å². The minimum atomic E-state index is 0.0108. The summed E-state index contributed by atoms with van der Waals surface area (Å²) < 4.78 is 1.82. The van der Waals surface area contributed by atoms with Crippen LogP contribution in [0.1, 0.15) is 59.8 Å². The zero-order chi connectivity index (χ0) is 21.2. The number of benzene rings is 2. The van der Waals surface area contributed by atoms with E-state index < -0.39 is 0 Å². The van der Waals surface area contributed by atoms with Crippen molar-refractivity contribution in [1.29, 1.82) is 0 Å². The Morgan fingerprint density at radius 1 is 1.00 bits per heavy atom. The summed E-state index contributed by atoms with van der Waals surface area (Å²) in [4.78, 5) is 17.8. The van der Waals surface area contributed by atoms with Crippen LogP contribution < -0.4 is 4.90 Å². The van der Waals surface area contributed by atoms with Crippen molar-refractivity contribution in [1.82, 2.24) is 14.7 Å². The maximum Gasteiger partial charge on any atom is 0.272 e. The van der Waals surface area contributed by atoms with Crippen LogP contribution in [0.5, 0.6) is 0 Å². The molecule has 1 aliphatic heterocycles. The Morgan fingerprint density at radius 3 is 2.45 bits per heavy atom. The van der Waals surface area contributed by atoms with E-state index in [9.17, 15) is 4.79 Å². The number of rotatable bonds is 6. The maximum atomic E-state index is 13.5. The fourth-order valence-electron chi connectivity index (χ4n) is 4.51. The number of anilines is 1. The summed E-state index contributed by atoms with van der Waals surface area (Å²) in [6.45, 7) is 2.78. The van der Waals surface area contributed by atoms with Crippen LogP contribution in [0.2, 0.25) is 0 Å². The van der Waals surface area contributed by atoms with E-state index in [2.05, 4.69) is 29.2 Å². The predicted octanol–water partition coefficient (Wildman–Crippen LogP) is 5.01. The lowest BCUT2D eigenvalue weighted by Crippen LogP contribution is -2.32. The van der Waals surface area contributed by atoms with Crippen molar-refractivity contribution < 1.29 is 4.79 Å². The van der Waals surface area contributed by atoms with E-state index in [-0.39, 0.29) is 5.91 Å². The van der Waals surface area contributed by atoms with Crippen LogP contribution in [0.4, 0.5) is 5.69 Å². The lowest BCUT2D eigenvalue weighted by Gasteiger charge is -2.31. The van der Waals surface area contributed by atoms with Crippen LogP contribution in [-0.2, 0) is 6.54 Å². The second-order valence-corrected chi connectivity index (χ2v) is 8.81. The molecule has 1 saturated carbocycles. The molecule has 0 unspecified atom stereocenters. The predicted molar refractivity (Wildman–Crippen MR) is 124 cm³/mol. The van der Waals surface area contributed by atoms with Gasteiger partial charge >= 0.3 is 0 Å². The van der Waals surface area contributed by atoms with Crippen LogP contribution in [0.25, 0.3) is 5.69 Å². The molecule has 1 amide bonds. The number of para-hydroxylation sites is 2. The molecule has 2 fully saturated rings. The van der Waals surface area contributed by atoms with Crippen molar-refractivity contribution in [3.8, 4) is 5.69 Å². The standard InChI is InChI=1S/C26H30N4O/c1-28(19-21-10-6-7-13-24(21)29-16-8-3-9-17-29)26(31)25-18-23(20-14-15-20)27-30(25)22-11-4-2-5-12-22/h2,4-7,10-13,18,20H,3,8-9,14-17,19H2,1H3. The Morgan fingerprint density at radius 2 is 1.71 bits per heavy atom. The number of carbonyl (C=O) groups is 1. The van der Waals surface area contributed by atoms with Gasteiger partial charge in [-0.3, -0.25) is 4.79 Å². The van der Waals surface area contributed by atoms with E-state index in [0.29, 0.717) is 18.2 Å². The Labute approximate surface area is 184 Å². The van der Waals surface area contributed by atoms with Crippen molar-refractivity contribution in [3.05, 3.63) is 77.6 Å². The second kappa shape index (κ2) is 8.58. The molecule has 0 atom stereocenters. The summed E-state index contributed by atoms with van der Waals surface area (Å²) in [7, 11) is 1.90. The molecule has 0 N–H and O–H groups in total. The van der Waals surface area contributed by atoms with E-state index in [4.69, 9.17) is 5.10 Å². The zero-order valence-electron chi connectivity index (χ0n) is 18.2. The molecular weight excluding hydrogens is 384 g/mol. The Bertz CT molecular complexity index is 1050. The molecule has 2 heterocycles. The van der Waals surface area contributed by atoms with Gasteiger partial charge in [0.2, 0.25) is 0 Å². The highest BCUT2D eigenvalue weighted by atomic mass is 16.2. The number of amides is 1. The highest BCUT2D eigenvalue weighted by Gasteiger charge is 2.30. The molecule has 5 nitrogen and oxygen atoms in total. The van der Waals surface area contributed by atoms with Gasteiger partial charge in [-0.25, -0.2) is 4.68 Å². The third-order valence-electron chi connectivity index (χ3n) is 6.39. The Kier molecular flexibility index (Phi) is 5.49. The van der Waals surface area contributed by atoms with E-state index in [1.807, 2.05) is 53.0 Å². The highest BCUT2D eigenvalue weighted by molar-refractivity contribution is 5.93. The molecule has 1 aliphatic carbocycles. The molecule has 3 aromatic rings. The third kappa shape index (κ3) is 4.22. The van der Waals surface area contributed by atoms with Gasteiger partial charge in [0.1, 0.15) is 5.69 Å². The Hall–Kier alpha value is -3.08. The zero-order valence-corrected chi connectivity index (χ0v) is 18.2. The van der Waals surface area contributed by atoms with E-state index >= 15 is 0 Å². The summed E-state index contributed by atoms with van der Waals surface area (Å²) >= 11 is 0. The summed E-state index contributed by atoms with van der Waals surface area (Å²) in [5, 5.41) is 4.80. The van der Waals surface area contributed by atoms with Gasteiger partial charge in [0.15, 0.2) is 0 Å². The SMILES string of the molecule is CN(Cc1ccccc1N1CCCCC1)C(=O)c1cc(C2CC2)nn1-c1ccccc1. The second-order valence-electron chi connectivity index (χ2n) is 8.81. The van der Waals surface area contributed by atoms with Crippen LogP contribution >= 0.6 is 0 Å². The summed E-state index contributed by atoms with van der Waals surface area (Å²) in [5.41, 5.74) is 5.07. The molecule has 0 spiro atoms. The van der Waals surface area contributed by atoms with Gasteiger partial charge in [-0.15, -0.1) is 0 Å². The van der Waals surface area contributed by atoms with Crippen LogP contribution in [-0.4, -0.2) is 40.7 Å². The van der Waals surface area contributed by atoms with Crippen LogP contribution in [0.3, 0.4) is 0 Å². The first-order chi connectivity index (χ1) is 15.2. The average molecular weight is 415 g/mol. The van der Waals surface area contributed by atoms with Crippen molar-refractivity contribution in [2.75, 3.05) is 25.0 Å². The molecular formula is C26H30N4O. The molecule has 2 aromatic carbocycles. The third-order valence-corrected chi connectivity index (χ3v) is 6.39. The minimum Gasteiger partial charge on any atom is -0.371 e. The van der Waals surface area contributed by atoms with Gasteiger partial charge in [0.25, 0.3) is 5.91 Å². The Balaban J connectivity index is 1.41. The minimum absolute atomic E-state index is 0.0108. The summed E-state index contributed by atoms with van der Waals surface area (Å²) in [5.74, 6) is 0.512. The number of carbonyl (C=O) groups excluding carboxylic acids is 1. The van der Waals surface area contributed by atoms with Crippen LogP contribution in [0.15, 0.2) is 60.7 Å². The first kappa shape index (κ1) is 19.9. The molecule has 0 bridgehead atoms. The summed E-state index contributed by atoms with van der Waals surface area (Å²) in [6, 6.07) is 20.5. The number of aromatic nitrogens is 2. The van der Waals surface area contributed by atoms with Crippen molar-refractivity contribution in [3.63, 3.8) is 0 Å². The number of piperidine rings is 1. The smallest absolute Gasteiger partial charge is 0.272 e. The average Bonchev–Trinajstić information content (AvgIpc) is 3.58. The topological polar surface area (TPSA) is 41.4 Å². The largest absolute Gasteiger partial charge is 0.371 e. The molecule has 0 radical (unpaired) electrons. The lowest BCUT2D eigenvalue weighted by atomic mass is 10.1. The first-order valence-electron chi connectivity index (χ1n) is 11.4. The number of hydrogen-bond acceptors (Lipinski definition) is 3. The molecule has 160 valence electrons. The fraction of sp³-hybridized carbons (Fsp3) is 0.385. The van der Waals surface area contributed by atoms with E-state index in [1.165, 1.54) is 43.4 Å². The first-order valence-corrected chi connectivity index (χ1v) is 11.4. The van der Waals surface area contributed by atoms with E-state index in [0.717, 1.165) is 24.5 Å². The molecule has 31 heavy (non-hydrogen) atoms. The molecule has 5 rings (SSSR count). The quantitative estimate of drug-likeness (QED) is 0.569. The summed E-state index contributed by atoms with van der Waals surface area (Å²) in [6.07, 6.45) is 6.12. The van der Waals surface area contributed by atoms with Gasteiger partial charge in [0, 0.05) is 38.3 Å². The van der Waals surface area contributed by atoms with Gasteiger partial charge in [-0.05, 0) is 61.9 Å². The van der Waals surface area contributed by atoms with Crippen LogP contribution in [0, 0.1) is 0 Å². The molecule has 1 aromatic heterocycles. The van der Waals surface area contributed by atoms with Crippen molar-refractivity contribution in [2.45, 2.75) is 44.6 Å². The fourth-order valence-corrected chi connectivity index (χ4v) is 4.51. The number of nitrogens with zero attached hydrogens (tertiary/aromatic N) is 4. The van der Waals surface area contributed by atoms with Crippen molar-refractivity contribution in [2.24, 2.45) is 0 Å². The van der Waals surface area contributed by atoms with Gasteiger partial charge < -0.3 is 9.80 Å². The monoisotopic (exact) mass is 414 g/mol.